The summed E-state index contributed by atoms with van der Waals surface area (Å²) in [5.41, 5.74) is 5.17. The number of carboxylic acid groups (broad SMARTS) is 3. The Morgan fingerprint density at radius 3 is 1.33 bits per heavy atom. The lowest BCUT2D eigenvalue weighted by Gasteiger charge is -2.22. The maximum atomic E-state index is 12.6. The zero-order valence-corrected chi connectivity index (χ0v) is 38.8. The molecule has 0 bridgehead atoms. The van der Waals surface area contributed by atoms with E-state index in [1.807, 2.05) is 0 Å². The number of nitrogens with one attached hydrogen (secondary N) is 7. The van der Waals surface area contributed by atoms with Crippen molar-refractivity contribution >= 4 is 67.2 Å². The first-order valence-electron chi connectivity index (χ1n) is 23.3. The third-order valence-corrected chi connectivity index (χ3v) is 10.7. The summed E-state index contributed by atoms with van der Waals surface area (Å²) in [6.45, 7) is 0.0173. The minimum atomic E-state index is -1.57. The van der Waals surface area contributed by atoms with E-state index in [1.165, 1.54) is 26.2 Å². The molecule has 0 aliphatic heterocycles. The van der Waals surface area contributed by atoms with E-state index in [-0.39, 0.29) is 32.2 Å². The lowest BCUT2D eigenvalue weighted by Crippen LogP contribution is -2.55. The van der Waals surface area contributed by atoms with Crippen LogP contribution in [0.2, 0.25) is 0 Å². The SMILES string of the molecule is [B]N[C@@H](CCCCNC(=O)CNC(=O)[C@H](CO)NC(=O)CC[C@H](NC(=O)CC[C@H](NC(=O)CCCCCCCCCCCCCCCCC(=O)O)C(=O)O)C(=O)O)C(=O)NC(C(N)=O)[C@@H](C)O. The van der Waals surface area contributed by atoms with Crippen LogP contribution in [0.15, 0.2) is 0 Å². The van der Waals surface area contributed by atoms with Gasteiger partial charge in [0, 0.05) is 32.2 Å². The third kappa shape index (κ3) is 32.1. The van der Waals surface area contributed by atoms with Crippen molar-refractivity contribution < 1.29 is 73.5 Å². The summed E-state index contributed by atoms with van der Waals surface area (Å²) < 4.78 is 0. The maximum Gasteiger partial charge on any atom is 0.326 e. The standard InChI is InChI=1S/C43H75BN8O15/c1-28(54)38(39(45)61)51-41(63)29(52-44)18-16-17-25-46-36(58)26-47-40(62)32(27-53)50-35(57)24-22-31(43(66)67)49-34(56)23-21-30(42(64)65)48-33(55)19-14-12-10-8-6-4-2-3-5-7-9-11-13-15-20-37(59)60/h28-32,38,52-54H,2-27H2,1H3,(H2,45,61)(H,46,58)(H,47,62)(H,48,55)(H,49,56)(H,50,57)(H,51,63)(H,59,60)(H,64,65)(H,66,67)/t28-,29+,30+,31+,32+,38?/m1/s1. The molecule has 0 heterocycles. The molecule has 0 aromatic carbocycles. The minimum absolute atomic E-state index is 0.112. The van der Waals surface area contributed by atoms with E-state index in [9.17, 15) is 68.4 Å². The molecule has 0 fully saturated rings. The number of carbonyl (C=O) groups is 10. The highest BCUT2D eigenvalue weighted by atomic mass is 16.4. The van der Waals surface area contributed by atoms with Gasteiger partial charge in [-0.15, -0.1) is 0 Å². The fourth-order valence-corrected chi connectivity index (χ4v) is 6.77. The summed E-state index contributed by atoms with van der Waals surface area (Å²) in [6.07, 6.45) is 12.5. The Balaban J connectivity index is 4.45. The van der Waals surface area contributed by atoms with Crippen LogP contribution in [0.5, 0.6) is 0 Å². The predicted octanol–water partition coefficient (Wildman–Crippen LogP) is -0.716. The molecule has 2 radical (unpaired) electrons. The van der Waals surface area contributed by atoms with Gasteiger partial charge in [-0.1, -0.05) is 77.0 Å². The quantitative estimate of drug-likeness (QED) is 0.0265. The number of hydrogen-bond donors (Lipinski definition) is 13. The molecule has 14 N–H and O–H groups in total. The van der Waals surface area contributed by atoms with Gasteiger partial charge in [0.25, 0.3) is 0 Å². The lowest BCUT2D eigenvalue weighted by atomic mass is 10.0. The average Bonchev–Trinajstić information content (AvgIpc) is 3.26. The summed E-state index contributed by atoms with van der Waals surface area (Å²) in [5.74, 6) is -8.91. The molecule has 380 valence electrons. The Morgan fingerprint density at radius 1 is 0.493 bits per heavy atom. The number of aliphatic hydroxyl groups is 2. The molecule has 0 aliphatic rings. The molecule has 67 heavy (non-hydrogen) atoms. The number of aliphatic hydroxyl groups excluding tert-OH is 2. The number of primary amides is 1. The predicted molar refractivity (Wildman–Crippen MR) is 243 cm³/mol. The molecule has 7 amide bonds. The van der Waals surface area contributed by atoms with Gasteiger partial charge < -0.3 is 68.4 Å². The molecule has 24 heteroatoms. The van der Waals surface area contributed by atoms with Crippen LogP contribution >= 0.6 is 0 Å². The fourth-order valence-electron chi connectivity index (χ4n) is 6.77. The highest BCUT2D eigenvalue weighted by Crippen LogP contribution is 2.14. The van der Waals surface area contributed by atoms with Crippen molar-refractivity contribution in [3.63, 3.8) is 0 Å². The molecule has 0 saturated carbocycles. The van der Waals surface area contributed by atoms with Gasteiger partial charge in [0.2, 0.25) is 41.4 Å². The van der Waals surface area contributed by atoms with E-state index >= 15 is 0 Å². The third-order valence-electron chi connectivity index (χ3n) is 10.7. The summed E-state index contributed by atoms with van der Waals surface area (Å²) in [4.78, 5) is 120. The van der Waals surface area contributed by atoms with Gasteiger partial charge in [0.15, 0.2) is 7.98 Å². The number of rotatable bonds is 42. The molecule has 1 unspecified atom stereocenters. The van der Waals surface area contributed by atoms with Crippen molar-refractivity contribution in [2.24, 2.45) is 5.73 Å². The molecule has 0 aromatic heterocycles. The number of unbranched alkanes of at least 4 members (excludes halogenated alkanes) is 14. The van der Waals surface area contributed by atoms with E-state index in [0.29, 0.717) is 19.3 Å². The Bertz CT molecular complexity index is 1560. The van der Waals surface area contributed by atoms with Crippen molar-refractivity contribution in [1.82, 2.24) is 37.1 Å². The number of carboxylic acids is 3. The molecular formula is C43H75BN8O15. The van der Waals surface area contributed by atoms with Gasteiger partial charge in [-0.05, 0) is 51.9 Å². The zero-order chi connectivity index (χ0) is 50.6. The summed E-state index contributed by atoms with van der Waals surface area (Å²) in [6, 6.07) is -6.71. The molecule has 0 spiro atoms. The lowest BCUT2D eigenvalue weighted by molar-refractivity contribution is -0.143. The van der Waals surface area contributed by atoms with Gasteiger partial charge in [-0.25, -0.2) is 9.59 Å². The Labute approximate surface area is 393 Å². The molecule has 0 aliphatic carbocycles. The molecule has 0 saturated heterocycles. The van der Waals surface area contributed by atoms with Crippen LogP contribution in [0.25, 0.3) is 0 Å². The highest BCUT2D eigenvalue weighted by Gasteiger charge is 2.28. The first-order chi connectivity index (χ1) is 31.8. The molecular weight excluding hydrogens is 879 g/mol. The van der Waals surface area contributed by atoms with Crippen molar-refractivity contribution in [3.8, 4) is 0 Å². The van der Waals surface area contributed by atoms with Crippen molar-refractivity contribution in [1.29, 1.82) is 0 Å². The van der Waals surface area contributed by atoms with E-state index in [2.05, 4.69) is 37.1 Å². The largest absolute Gasteiger partial charge is 0.481 e. The van der Waals surface area contributed by atoms with Crippen LogP contribution in [0, 0.1) is 0 Å². The van der Waals surface area contributed by atoms with Gasteiger partial charge >= 0.3 is 17.9 Å². The van der Waals surface area contributed by atoms with Crippen LogP contribution in [0.4, 0.5) is 0 Å². The van der Waals surface area contributed by atoms with Crippen LogP contribution in [0.3, 0.4) is 0 Å². The summed E-state index contributed by atoms with van der Waals surface area (Å²) in [7, 11) is 5.42. The van der Waals surface area contributed by atoms with E-state index < -0.39 is 128 Å². The van der Waals surface area contributed by atoms with Crippen molar-refractivity contribution in [2.45, 2.75) is 191 Å². The van der Waals surface area contributed by atoms with Crippen LogP contribution in [-0.4, -0.2) is 149 Å². The normalized spacial score (nSPS) is 13.7. The van der Waals surface area contributed by atoms with E-state index in [1.54, 1.807) is 0 Å². The molecule has 0 rings (SSSR count). The van der Waals surface area contributed by atoms with Crippen LogP contribution in [-0.2, 0) is 47.9 Å². The Kier molecular flexibility index (Phi) is 34.7. The summed E-state index contributed by atoms with van der Waals surface area (Å²) >= 11 is 0. The second kappa shape index (κ2) is 37.7. The van der Waals surface area contributed by atoms with Crippen molar-refractivity contribution in [2.75, 3.05) is 19.7 Å². The summed E-state index contributed by atoms with van der Waals surface area (Å²) in [5, 5.41) is 63.4. The number of nitrogens with two attached hydrogens (primary N) is 1. The molecule has 6 atom stereocenters. The monoisotopic (exact) mass is 955 g/mol. The number of hydrogen-bond acceptors (Lipinski definition) is 13. The topological polar surface area (TPSA) is 382 Å². The van der Waals surface area contributed by atoms with E-state index in [0.717, 1.165) is 64.2 Å². The van der Waals surface area contributed by atoms with Gasteiger partial charge in [-0.2, -0.15) is 0 Å². The number of amides is 7. The fraction of sp³-hybridized carbons (Fsp3) is 0.767. The second-order valence-corrected chi connectivity index (χ2v) is 16.6. The van der Waals surface area contributed by atoms with Gasteiger partial charge in [0.05, 0.1) is 25.3 Å². The first-order valence-corrected chi connectivity index (χ1v) is 23.3. The molecule has 0 aromatic rings. The van der Waals surface area contributed by atoms with Crippen LogP contribution in [0.1, 0.15) is 155 Å². The van der Waals surface area contributed by atoms with Gasteiger partial charge in [-0.3, -0.25) is 38.4 Å². The van der Waals surface area contributed by atoms with E-state index in [4.69, 9.17) is 18.8 Å². The van der Waals surface area contributed by atoms with Crippen LogP contribution < -0.4 is 42.9 Å². The Hall–Kier alpha value is -5.36. The highest BCUT2D eigenvalue weighted by molar-refractivity contribution is 6.07. The Morgan fingerprint density at radius 2 is 0.925 bits per heavy atom. The number of aliphatic carboxylic acids is 3. The second-order valence-electron chi connectivity index (χ2n) is 16.6. The van der Waals surface area contributed by atoms with Gasteiger partial charge in [0.1, 0.15) is 24.2 Å². The first kappa shape index (κ1) is 61.6. The average molecular weight is 955 g/mol. The van der Waals surface area contributed by atoms with Crippen molar-refractivity contribution in [3.05, 3.63) is 0 Å². The zero-order valence-electron chi connectivity index (χ0n) is 38.8. The molecule has 23 nitrogen and oxygen atoms in total. The minimum Gasteiger partial charge on any atom is -0.481 e. The smallest absolute Gasteiger partial charge is 0.326 e. The maximum absolute atomic E-state index is 12.6. The number of carbonyl (C=O) groups excluding carboxylic acids is 7.